The van der Waals surface area contributed by atoms with Crippen LogP contribution in [0.4, 0.5) is 0 Å². The highest BCUT2D eigenvalue weighted by Crippen LogP contribution is 1.60. The summed E-state index contributed by atoms with van der Waals surface area (Å²) in [7, 11) is 8.83. The van der Waals surface area contributed by atoms with Crippen LogP contribution in [0.15, 0.2) is 0 Å². The van der Waals surface area contributed by atoms with E-state index >= 15 is 0 Å². The minimum Gasteiger partial charge on any atom is -0.355 e. The van der Waals surface area contributed by atoms with E-state index in [4.69, 9.17) is 7.98 Å². The first-order chi connectivity index (χ1) is 2.77. The van der Waals surface area contributed by atoms with Gasteiger partial charge in [0.15, 0.2) is 7.98 Å². The predicted molar refractivity (Wildman–Crippen MR) is 27.4 cm³/mol. The van der Waals surface area contributed by atoms with Crippen molar-refractivity contribution < 1.29 is 0 Å². The molecule has 1 N–H and O–H groups in total. The summed E-state index contributed by atoms with van der Waals surface area (Å²) in [6.07, 6.45) is 0. The summed E-state index contributed by atoms with van der Waals surface area (Å²) >= 11 is 0. The lowest BCUT2D eigenvalue weighted by Gasteiger charge is -2.05. The molecule has 0 aromatic rings. The molecule has 2 radical (unpaired) electrons. The maximum absolute atomic E-state index is 4.94. The molecule has 0 aromatic carbocycles. The second-order valence-corrected chi connectivity index (χ2v) is 1.44. The lowest BCUT2D eigenvalue weighted by Crippen LogP contribution is -2.25. The second-order valence-electron chi connectivity index (χ2n) is 1.44. The van der Waals surface area contributed by atoms with Gasteiger partial charge in [0.05, 0.1) is 0 Å². The fourth-order valence-electron chi connectivity index (χ4n) is 0.183. The van der Waals surface area contributed by atoms with Gasteiger partial charge in [-0.1, -0.05) is 0 Å². The van der Waals surface area contributed by atoms with Crippen LogP contribution in [0.2, 0.25) is 0 Å². The number of hydrogen-bond acceptors (Lipinski definition) is 2. The molecule has 0 fully saturated rings. The molecule has 6 heavy (non-hydrogen) atoms. The molecule has 0 saturated heterocycles. The molecule has 0 atom stereocenters. The Labute approximate surface area is 40.0 Å². The molecule has 0 aliphatic carbocycles. The molecular weight excluding hydrogens is 74.9 g/mol. The normalized spacial score (nSPS) is 9.83. The van der Waals surface area contributed by atoms with E-state index in [2.05, 4.69) is 5.23 Å². The standard InChI is InChI=1S/C3H9BN2/c1-6(2)3-5-4/h5H,3H2,1-2H3. The molecule has 0 aliphatic rings. The van der Waals surface area contributed by atoms with Gasteiger partial charge in [0, 0.05) is 6.67 Å². The van der Waals surface area contributed by atoms with Crippen molar-refractivity contribution >= 4 is 7.98 Å². The smallest absolute Gasteiger partial charge is 0.179 e. The third-order valence-electron chi connectivity index (χ3n) is 0.408. The Bertz CT molecular complexity index is 30.0. The van der Waals surface area contributed by atoms with Crippen LogP contribution < -0.4 is 5.23 Å². The van der Waals surface area contributed by atoms with Crippen LogP contribution in [0, 0.1) is 0 Å². The van der Waals surface area contributed by atoms with Gasteiger partial charge in [0.25, 0.3) is 0 Å². The van der Waals surface area contributed by atoms with Crippen molar-refractivity contribution in [1.82, 2.24) is 10.1 Å². The van der Waals surface area contributed by atoms with Crippen LogP contribution >= 0.6 is 0 Å². The van der Waals surface area contributed by atoms with E-state index in [-0.39, 0.29) is 0 Å². The molecule has 0 amide bonds. The zero-order chi connectivity index (χ0) is 4.99. The molecule has 34 valence electrons. The van der Waals surface area contributed by atoms with E-state index in [1.54, 1.807) is 0 Å². The van der Waals surface area contributed by atoms with E-state index in [0.29, 0.717) is 0 Å². The van der Waals surface area contributed by atoms with Crippen molar-refractivity contribution in [2.45, 2.75) is 0 Å². The Morgan fingerprint density at radius 2 is 2.17 bits per heavy atom. The Balaban J connectivity index is 2.63. The lowest BCUT2D eigenvalue weighted by molar-refractivity contribution is 0.405. The first kappa shape index (κ1) is 5.98. The molecule has 0 rings (SSSR count). The van der Waals surface area contributed by atoms with Gasteiger partial charge in [0.1, 0.15) is 0 Å². The van der Waals surface area contributed by atoms with Crippen LogP contribution in [0.1, 0.15) is 0 Å². The zero-order valence-electron chi connectivity index (χ0n) is 4.23. The number of nitrogens with zero attached hydrogens (tertiary/aromatic N) is 1. The van der Waals surface area contributed by atoms with Crippen molar-refractivity contribution in [3.8, 4) is 0 Å². The lowest BCUT2D eigenvalue weighted by atomic mass is 10.4. The third kappa shape index (κ3) is 3.98. The van der Waals surface area contributed by atoms with Gasteiger partial charge in [-0.2, -0.15) is 0 Å². The summed E-state index contributed by atoms with van der Waals surface area (Å²) in [6, 6.07) is 0. The number of rotatable bonds is 2. The number of hydrogen-bond donors (Lipinski definition) is 1. The average molecular weight is 83.9 g/mol. The molecule has 0 aromatic heterocycles. The van der Waals surface area contributed by atoms with Crippen molar-refractivity contribution in [1.29, 1.82) is 0 Å². The fourth-order valence-corrected chi connectivity index (χ4v) is 0.183. The molecule has 0 spiro atoms. The summed E-state index contributed by atoms with van der Waals surface area (Å²) in [6.45, 7) is 0.736. The van der Waals surface area contributed by atoms with Gasteiger partial charge in [-0.05, 0) is 14.1 Å². The topological polar surface area (TPSA) is 15.3 Å². The second kappa shape index (κ2) is 3.19. The summed E-state index contributed by atoms with van der Waals surface area (Å²) in [5.74, 6) is 0. The van der Waals surface area contributed by atoms with Crippen molar-refractivity contribution in [3.63, 3.8) is 0 Å². The first-order valence-corrected chi connectivity index (χ1v) is 1.85. The monoisotopic (exact) mass is 84.1 g/mol. The molecule has 0 bridgehead atoms. The SMILES string of the molecule is [B]NCN(C)C. The Hall–Kier alpha value is -0.0151. The van der Waals surface area contributed by atoms with E-state index < -0.39 is 0 Å². The first-order valence-electron chi connectivity index (χ1n) is 1.85. The fraction of sp³-hybridized carbons (Fsp3) is 1.00. The summed E-state index contributed by atoms with van der Waals surface area (Å²) in [4.78, 5) is 1.94. The molecule has 0 saturated carbocycles. The van der Waals surface area contributed by atoms with Crippen molar-refractivity contribution in [2.24, 2.45) is 0 Å². The van der Waals surface area contributed by atoms with Gasteiger partial charge in [-0.15, -0.1) is 0 Å². The summed E-state index contributed by atoms with van der Waals surface area (Å²) in [5.41, 5.74) is 0. The van der Waals surface area contributed by atoms with Gasteiger partial charge >= 0.3 is 0 Å². The highest BCUT2D eigenvalue weighted by Gasteiger charge is 1.77. The average Bonchev–Trinajstić information content (AvgIpc) is 1.35. The van der Waals surface area contributed by atoms with Crippen molar-refractivity contribution in [2.75, 3.05) is 20.8 Å². The van der Waals surface area contributed by atoms with Crippen LogP contribution in [0.5, 0.6) is 0 Å². The van der Waals surface area contributed by atoms with Gasteiger partial charge in [-0.25, -0.2) is 0 Å². The summed E-state index contributed by atoms with van der Waals surface area (Å²) < 4.78 is 0. The Morgan fingerprint density at radius 1 is 1.67 bits per heavy atom. The van der Waals surface area contributed by atoms with Crippen LogP contribution in [-0.4, -0.2) is 33.6 Å². The largest absolute Gasteiger partial charge is 0.355 e. The van der Waals surface area contributed by atoms with Crippen LogP contribution in [-0.2, 0) is 0 Å². The molecule has 0 heterocycles. The Kier molecular flexibility index (Phi) is 3.18. The highest BCUT2D eigenvalue weighted by molar-refractivity contribution is 6.04. The maximum atomic E-state index is 4.94. The molecular formula is C3H9BN2. The highest BCUT2D eigenvalue weighted by atomic mass is 15.1. The van der Waals surface area contributed by atoms with Gasteiger partial charge < -0.3 is 5.23 Å². The number of nitrogens with one attached hydrogen (secondary N) is 1. The minimum atomic E-state index is 0.736. The minimum absolute atomic E-state index is 0.736. The van der Waals surface area contributed by atoms with Crippen LogP contribution in [0.3, 0.4) is 0 Å². The molecule has 2 nitrogen and oxygen atoms in total. The predicted octanol–water partition coefficient (Wildman–Crippen LogP) is -0.821. The van der Waals surface area contributed by atoms with E-state index in [1.165, 1.54) is 0 Å². The van der Waals surface area contributed by atoms with Crippen molar-refractivity contribution in [3.05, 3.63) is 0 Å². The molecule has 0 aliphatic heterocycles. The quantitative estimate of drug-likeness (QED) is 0.347. The molecule has 0 unspecified atom stereocenters. The third-order valence-corrected chi connectivity index (χ3v) is 0.408. The zero-order valence-corrected chi connectivity index (χ0v) is 4.23. The summed E-state index contributed by atoms with van der Waals surface area (Å²) in [5, 5.41) is 2.49. The van der Waals surface area contributed by atoms with Gasteiger partial charge in [-0.3, -0.25) is 4.90 Å². The van der Waals surface area contributed by atoms with E-state index in [9.17, 15) is 0 Å². The maximum Gasteiger partial charge on any atom is 0.179 e. The Morgan fingerprint density at radius 3 is 2.17 bits per heavy atom. The van der Waals surface area contributed by atoms with E-state index in [0.717, 1.165) is 6.67 Å². The van der Waals surface area contributed by atoms with Gasteiger partial charge in [0.2, 0.25) is 0 Å². The molecule has 3 heteroatoms. The van der Waals surface area contributed by atoms with Crippen LogP contribution in [0.25, 0.3) is 0 Å². The van der Waals surface area contributed by atoms with E-state index in [1.807, 2.05) is 19.0 Å².